The molecule has 0 atom stereocenters. The minimum absolute atomic E-state index is 0.195. The molecule has 5 aromatic rings. The van der Waals surface area contributed by atoms with Crippen molar-refractivity contribution in [2.75, 3.05) is 7.11 Å². The molecule has 160 valence electrons. The van der Waals surface area contributed by atoms with Crippen LogP contribution in [0.1, 0.15) is 5.56 Å². The zero-order valence-electron chi connectivity index (χ0n) is 16.8. The Morgan fingerprint density at radius 1 is 0.969 bits per heavy atom. The van der Waals surface area contributed by atoms with Gasteiger partial charge >= 0.3 is 6.18 Å². The van der Waals surface area contributed by atoms with E-state index in [9.17, 15) is 13.2 Å². The molecule has 0 saturated heterocycles. The molecule has 2 heterocycles. The number of para-hydroxylation sites is 3. The van der Waals surface area contributed by atoms with Crippen LogP contribution >= 0.6 is 0 Å². The van der Waals surface area contributed by atoms with Crippen molar-refractivity contribution in [3.05, 3.63) is 83.9 Å². The molecule has 0 aliphatic rings. The molecule has 0 aliphatic heterocycles. The van der Waals surface area contributed by atoms with Gasteiger partial charge in [0.25, 0.3) is 0 Å². The SMILES string of the molecule is COc1cccc2cc(-c3nc4ccccc4[nH]3)c(=Nc3ccc(C(F)(F)F)cc3)oc12. The van der Waals surface area contributed by atoms with E-state index in [1.807, 2.05) is 42.5 Å². The van der Waals surface area contributed by atoms with Gasteiger partial charge in [0.2, 0.25) is 5.55 Å². The fraction of sp³-hybridized carbons (Fsp3) is 0.0833. The Balaban J connectivity index is 1.75. The van der Waals surface area contributed by atoms with Gasteiger partial charge in [-0.25, -0.2) is 9.98 Å². The lowest BCUT2D eigenvalue weighted by molar-refractivity contribution is -0.137. The van der Waals surface area contributed by atoms with E-state index < -0.39 is 11.7 Å². The van der Waals surface area contributed by atoms with E-state index in [1.54, 1.807) is 6.07 Å². The molecule has 1 N–H and O–H groups in total. The van der Waals surface area contributed by atoms with Gasteiger partial charge in [-0.1, -0.05) is 24.3 Å². The van der Waals surface area contributed by atoms with E-state index in [-0.39, 0.29) is 5.55 Å². The number of ether oxygens (including phenoxy) is 1. The molecule has 0 saturated carbocycles. The fourth-order valence-corrected chi connectivity index (χ4v) is 3.46. The quantitative estimate of drug-likeness (QED) is 0.365. The first-order chi connectivity index (χ1) is 15.4. The Morgan fingerprint density at radius 2 is 1.75 bits per heavy atom. The number of aromatic amines is 1. The number of nitrogens with zero attached hydrogens (tertiary/aromatic N) is 2. The fourth-order valence-electron chi connectivity index (χ4n) is 3.46. The number of halogens is 3. The van der Waals surface area contributed by atoms with E-state index in [2.05, 4.69) is 15.0 Å². The number of imidazole rings is 1. The van der Waals surface area contributed by atoms with E-state index in [4.69, 9.17) is 9.15 Å². The minimum atomic E-state index is -4.42. The minimum Gasteiger partial charge on any atom is -0.493 e. The van der Waals surface area contributed by atoms with Crippen molar-refractivity contribution in [2.24, 2.45) is 4.99 Å². The molecule has 0 aliphatic carbocycles. The van der Waals surface area contributed by atoms with Crippen molar-refractivity contribution in [3.63, 3.8) is 0 Å². The van der Waals surface area contributed by atoms with Crippen LogP contribution in [0.25, 0.3) is 33.4 Å². The summed E-state index contributed by atoms with van der Waals surface area (Å²) < 4.78 is 50.2. The van der Waals surface area contributed by atoms with Gasteiger partial charge in [-0.3, -0.25) is 0 Å². The van der Waals surface area contributed by atoms with Gasteiger partial charge < -0.3 is 14.1 Å². The van der Waals surface area contributed by atoms with Crippen molar-refractivity contribution in [3.8, 4) is 17.1 Å². The van der Waals surface area contributed by atoms with Crippen LogP contribution in [-0.4, -0.2) is 17.1 Å². The Hall–Kier alpha value is -4.07. The second kappa shape index (κ2) is 7.56. The van der Waals surface area contributed by atoms with E-state index in [0.717, 1.165) is 28.6 Å². The first-order valence-electron chi connectivity index (χ1n) is 9.70. The monoisotopic (exact) mass is 435 g/mol. The van der Waals surface area contributed by atoms with Gasteiger partial charge in [-0.2, -0.15) is 13.2 Å². The summed E-state index contributed by atoms with van der Waals surface area (Å²) in [6, 6.07) is 19.5. The second-order valence-electron chi connectivity index (χ2n) is 7.10. The number of hydrogen-bond donors (Lipinski definition) is 1. The highest BCUT2D eigenvalue weighted by atomic mass is 19.4. The number of rotatable bonds is 3. The second-order valence-corrected chi connectivity index (χ2v) is 7.10. The number of methoxy groups -OCH3 is 1. The summed E-state index contributed by atoms with van der Waals surface area (Å²) in [5, 5.41) is 0.770. The predicted octanol–water partition coefficient (Wildman–Crippen LogP) is 6.24. The van der Waals surface area contributed by atoms with Gasteiger partial charge in [0.1, 0.15) is 5.82 Å². The number of benzene rings is 3. The van der Waals surface area contributed by atoms with Crippen molar-refractivity contribution >= 4 is 27.7 Å². The van der Waals surface area contributed by atoms with Crippen LogP contribution in [-0.2, 0) is 6.18 Å². The first-order valence-corrected chi connectivity index (χ1v) is 9.70. The largest absolute Gasteiger partial charge is 0.493 e. The average Bonchev–Trinajstić information content (AvgIpc) is 3.22. The Morgan fingerprint density at radius 3 is 2.47 bits per heavy atom. The molecular weight excluding hydrogens is 419 g/mol. The smallest absolute Gasteiger partial charge is 0.416 e. The van der Waals surface area contributed by atoms with Crippen LogP contribution in [0.2, 0.25) is 0 Å². The molecule has 0 amide bonds. The lowest BCUT2D eigenvalue weighted by atomic mass is 10.1. The van der Waals surface area contributed by atoms with Crippen LogP contribution in [0.4, 0.5) is 18.9 Å². The van der Waals surface area contributed by atoms with Crippen molar-refractivity contribution in [1.29, 1.82) is 0 Å². The molecular formula is C24H16F3N3O2. The predicted molar refractivity (Wildman–Crippen MR) is 115 cm³/mol. The van der Waals surface area contributed by atoms with Crippen molar-refractivity contribution in [2.45, 2.75) is 6.18 Å². The summed E-state index contributed by atoms with van der Waals surface area (Å²) in [6.07, 6.45) is -4.42. The summed E-state index contributed by atoms with van der Waals surface area (Å²) in [6.45, 7) is 0. The number of aromatic nitrogens is 2. The molecule has 0 bridgehead atoms. The highest BCUT2D eigenvalue weighted by Crippen LogP contribution is 2.31. The van der Waals surface area contributed by atoms with Crippen LogP contribution < -0.4 is 10.3 Å². The average molecular weight is 435 g/mol. The third-order valence-electron chi connectivity index (χ3n) is 5.03. The molecule has 0 radical (unpaired) electrons. The van der Waals surface area contributed by atoms with Crippen molar-refractivity contribution < 1.29 is 22.3 Å². The van der Waals surface area contributed by atoms with E-state index in [1.165, 1.54) is 19.2 Å². The van der Waals surface area contributed by atoms with Crippen LogP contribution in [0.15, 0.2) is 82.2 Å². The molecule has 32 heavy (non-hydrogen) atoms. The number of H-pyrrole nitrogens is 1. The standard InChI is InChI=1S/C24H16F3N3O2/c1-31-20-8-4-5-14-13-17(22-29-18-6-2-3-7-19(18)30-22)23(32-21(14)20)28-16-11-9-15(10-12-16)24(25,26)27/h2-13H,1H3,(H,29,30). The topological polar surface area (TPSA) is 63.4 Å². The van der Waals surface area contributed by atoms with Crippen LogP contribution in [0, 0.1) is 0 Å². The molecule has 0 spiro atoms. The molecule has 0 fully saturated rings. The normalized spacial score (nSPS) is 12.6. The molecule has 0 unspecified atom stereocenters. The number of fused-ring (bicyclic) bond motifs is 2. The number of hydrogen-bond acceptors (Lipinski definition) is 4. The summed E-state index contributed by atoms with van der Waals surface area (Å²) in [4.78, 5) is 12.4. The van der Waals surface area contributed by atoms with Crippen LogP contribution in [0.5, 0.6) is 5.75 Å². The number of alkyl halides is 3. The Labute approximate surface area is 179 Å². The highest BCUT2D eigenvalue weighted by Gasteiger charge is 2.29. The Kier molecular flexibility index (Phi) is 4.70. The third kappa shape index (κ3) is 3.60. The van der Waals surface area contributed by atoms with Gasteiger partial charge in [0.15, 0.2) is 11.3 Å². The van der Waals surface area contributed by atoms with Gasteiger partial charge in [0.05, 0.1) is 35.0 Å². The summed E-state index contributed by atoms with van der Waals surface area (Å²) in [7, 11) is 1.53. The number of nitrogens with one attached hydrogen (secondary N) is 1. The summed E-state index contributed by atoms with van der Waals surface area (Å²) >= 11 is 0. The lowest BCUT2D eigenvalue weighted by Crippen LogP contribution is -2.07. The van der Waals surface area contributed by atoms with Crippen molar-refractivity contribution in [1.82, 2.24) is 9.97 Å². The van der Waals surface area contributed by atoms with Gasteiger partial charge in [-0.15, -0.1) is 0 Å². The van der Waals surface area contributed by atoms with Gasteiger partial charge in [0, 0.05) is 5.39 Å². The first kappa shape index (κ1) is 19.9. The maximum atomic E-state index is 12.9. The zero-order valence-corrected chi connectivity index (χ0v) is 16.8. The van der Waals surface area contributed by atoms with Crippen LogP contribution in [0.3, 0.4) is 0 Å². The summed E-state index contributed by atoms with van der Waals surface area (Å²) in [5.74, 6) is 1.05. The van der Waals surface area contributed by atoms with E-state index in [0.29, 0.717) is 28.4 Å². The summed E-state index contributed by atoms with van der Waals surface area (Å²) in [5.41, 5.74) is 2.42. The molecule has 8 heteroatoms. The third-order valence-corrected chi connectivity index (χ3v) is 5.03. The molecule has 5 rings (SSSR count). The zero-order chi connectivity index (χ0) is 22.3. The Bertz CT molecular complexity index is 1470. The van der Waals surface area contributed by atoms with Gasteiger partial charge in [-0.05, 0) is 48.5 Å². The maximum absolute atomic E-state index is 12.9. The molecule has 3 aromatic carbocycles. The molecule has 2 aromatic heterocycles. The lowest BCUT2D eigenvalue weighted by Gasteiger charge is -2.07. The van der Waals surface area contributed by atoms with E-state index >= 15 is 0 Å². The molecule has 5 nitrogen and oxygen atoms in total. The highest BCUT2D eigenvalue weighted by molar-refractivity contribution is 5.86. The maximum Gasteiger partial charge on any atom is 0.416 e.